The van der Waals surface area contributed by atoms with Crippen LogP contribution in [-0.4, -0.2) is 49.0 Å². The van der Waals surface area contributed by atoms with Crippen molar-refractivity contribution in [2.45, 2.75) is 13.0 Å². The summed E-state index contributed by atoms with van der Waals surface area (Å²) in [6.07, 6.45) is 2.78. The van der Waals surface area contributed by atoms with Crippen LogP contribution in [0.15, 0.2) is 48.9 Å². The third kappa shape index (κ3) is 4.30. The summed E-state index contributed by atoms with van der Waals surface area (Å²) in [5, 5.41) is 8.17. The van der Waals surface area contributed by atoms with Crippen molar-refractivity contribution in [2.75, 3.05) is 29.5 Å². The van der Waals surface area contributed by atoms with Crippen molar-refractivity contribution in [1.29, 1.82) is 4.78 Å². The summed E-state index contributed by atoms with van der Waals surface area (Å²) >= 11 is 0. The average molecular weight is 485 g/mol. The highest BCUT2D eigenvalue weighted by Crippen LogP contribution is 2.32. The van der Waals surface area contributed by atoms with Gasteiger partial charge in [0, 0.05) is 51.5 Å². The Bertz CT molecular complexity index is 1420. The number of ether oxygens (including phenoxy) is 1. The molecule has 0 saturated carbocycles. The van der Waals surface area contributed by atoms with Crippen molar-refractivity contribution in [3.8, 4) is 17.0 Å². The minimum Gasteiger partial charge on any atom is -0.486 e. The molecule has 1 aliphatic heterocycles. The van der Waals surface area contributed by atoms with Crippen molar-refractivity contribution in [1.82, 2.24) is 20.2 Å². The molecule has 0 radical (unpaired) electrons. The molecule has 1 unspecified atom stereocenters. The van der Waals surface area contributed by atoms with Crippen molar-refractivity contribution in [3.63, 3.8) is 0 Å². The maximum atomic E-state index is 14.1. The molecule has 4 aromatic rings. The zero-order valence-electron chi connectivity index (χ0n) is 18.3. The third-order valence-corrected chi connectivity index (χ3v) is 7.56. The van der Waals surface area contributed by atoms with E-state index < -0.39 is 27.5 Å². The summed E-state index contributed by atoms with van der Waals surface area (Å²) in [7, 11) is -2.47. The van der Waals surface area contributed by atoms with Gasteiger partial charge >= 0.3 is 0 Å². The topological polar surface area (TPSA) is 108 Å². The van der Waals surface area contributed by atoms with Gasteiger partial charge in [-0.15, -0.1) is 0 Å². The fourth-order valence-corrected chi connectivity index (χ4v) is 5.27. The van der Waals surface area contributed by atoms with Crippen LogP contribution in [0, 0.1) is 16.4 Å². The number of hydrogen-bond donors (Lipinski definition) is 2. The summed E-state index contributed by atoms with van der Waals surface area (Å²) < 4.78 is 53.6. The second-order valence-corrected chi connectivity index (χ2v) is 10.6. The molecular formula is C23H22F2N6O2S. The van der Waals surface area contributed by atoms with E-state index in [0.29, 0.717) is 36.0 Å². The standard InChI is InChI=1S/C23H22F2N6O2S/c1-14(22-18(24)12-27-13-19(22)25)33-16-3-4-20-17(10-16)23(30-29-20)15-2-5-21(28-11-15)31-6-8-34(26,32)9-7-31/h2-5,10-14,26H,6-9H2,1H3,(H,29,30). The first kappa shape index (κ1) is 22.2. The van der Waals surface area contributed by atoms with Gasteiger partial charge in [0.25, 0.3) is 0 Å². The van der Waals surface area contributed by atoms with Crippen LogP contribution in [0.1, 0.15) is 18.6 Å². The first-order chi connectivity index (χ1) is 16.3. The monoisotopic (exact) mass is 484 g/mol. The lowest BCUT2D eigenvalue weighted by molar-refractivity contribution is 0.215. The summed E-state index contributed by atoms with van der Waals surface area (Å²) in [6, 6.07) is 9.05. The lowest BCUT2D eigenvalue weighted by Crippen LogP contribution is -2.40. The van der Waals surface area contributed by atoms with Gasteiger partial charge in [0.05, 0.1) is 23.5 Å². The number of halogens is 2. The maximum Gasteiger partial charge on any atom is 0.151 e. The van der Waals surface area contributed by atoms with Crippen LogP contribution < -0.4 is 9.64 Å². The van der Waals surface area contributed by atoms with Crippen LogP contribution >= 0.6 is 0 Å². The Balaban J connectivity index is 1.39. The highest BCUT2D eigenvalue weighted by molar-refractivity contribution is 7.92. The van der Waals surface area contributed by atoms with Gasteiger partial charge in [0.1, 0.15) is 23.4 Å². The first-order valence-electron chi connectivity index (χ1n) is 10.7. The molecule has 1 aromatic carbocycles. The number of fused-ring (bicyclic) bond motifs is 1. The van der Waals surface area contributed by atoms with Crippen LogP contribution in [-0.2, 0) is 9.73 Å². The largest absolute Gasteiger partial charge is 0.486 e. The Morgan fingerprint density at radius 3 is 2.53 bits per heavy atom. The summed E-state index contributed by atoms with van der Waals surface area (Å²) in [6.45, 7) is 2.65. The third-order valence-electron chi connectivity index (χ3n) is 5.87. The molecule has 8 nitrogen and oxygen atoms in total. The van der Waals surface area contributed by atoms with Crippen LogP contribution in [0.4, 0.5) is 14.6 Å². The number of benzene rings is 1. The second kappa shape index (κ2) is 8.64. The fourth-order valence-electron chi connectivity index (χ4n) is 4.03. The molecular weight excluding hydrogens is 462 g/mol. The van der Waals surface area contributed by atoms with E-state index in [1.54, 1.807) is 31.3 Å². The van der Waals surface area contributed by atoms with E-state index in [-0.39, 0.29) is 5.56 Å². The molecule has 34 heavy (non-hydrogen) atoms. The van der Waals surface area contributed by atoms with Crippen LogP contribution in [0.3, 0.4) is 0 Å². The van der Waals surface area contributed by atoms with Gasteiger partial charge < -0.3 is 9.64 Å². The van der Waals surface area contributed by atoms with E-state index in [1.807, 2.05) is 17.0 Å². The van der Waals surface area contributed by atoms with Gasteiger partial charge in [-0.1, -0.05) is 0 Å². The molecule has 1 fully saturated rings. The molecule has 0 aliphatic carbocycles. The fraction of sp³-hybridized carbons (Fsp3) is 0.261. The number of aromatic nitrogens is 4. The molecule has 1 atom stereocenters. The zero-order valence-corrected chi connectivity index (χ0v) is 19.1. The molecule has 5 rings (SSSR count). The van der Waals surface area contributed by atoms with Crippen LogP contribution in [0.5, 0.6) is 5.75 Å². The molecule has 1 saturated heterocycles. The van der Waals surface area contributed by atoms with Gasteiger partial charge in [-0.05, 0) is 37.3 Å². The SMILES string of the molecule is CC(Oc1ccc2[nH]nc(-c3ccc(N4CCS(=N)(=O)CC4)nc3)c2c1)c1c(F)cncc1F. The number of nitrogens with zero attached hydrogens (tertiary/aromatic N) is 4. The Labute approximate surface area is 195 Å². The predicted octanol–water partition coefficient (Wildman–Crippen LogP) is 4.30. The molecule has 176 valence electrons. The van der Waals surface area contributed by atoms with Gasteiger partial charge in [-0.2, -0.15) is 5.10 Å². The predicted molar refractivity (Wildman–Crippen MR) is 125 cm³/mol. The van der Waals surface area contributed by atoms with E-state index in [2.05, 4.69) is 20.2 Å². The minimum absolute atomic E-state index is 0.179. The smallest absolute Gasteiger partial charge is 0.151 e. The number of hydrogen-bond acceptors (Lipinski definition) is 7. The number of nitrogens with one attached hydrogen (secondary N) is 2. The van der Waals surface area contributed by atoms with Crippen molar-refractivity contribution in [2.24, 2.45) is 0 Å². The Morgan fingerprint density at radius 2 is 1.85 bits per heavy atom. The lowest BCUT2D eigenvalue weighted by Gasteiger charge is -2.28. The number of pyridine rings is 2. The van der Waals surface area contributed by atoms with Crippen molar-refractivity contribution >= 4 is 26.4 Å². The number of anilines is 1. The quantitative estimate of drug-likeness (QED) is 0.437. The normalized spacial score (nSPS) is 16.5. The van der Waals surface area contributed by atoms with Crippen molar-refractivity contribution in [3.05, 3.63) is 66.1 Å². The Kier molecular flexibility index (Phi) is 5.64. The number of H-pyrrole nitrogens is 1. The summed E-state index contributed by atoms with van der Waals surface area (Å²) in [5.74, 6) is 0.363. The average Bonchev–Trinajstić information content (AvgIpc) is 3.22. The van der Waals surface area contributed by atoms with Gasteiger partial charge in [-0.25, -0.2) is 18.0 Å². The molecule has 0 bridgehead atoms. The van der Waals surface area contributed by atoms with Gasteiger partial charge in [0.2, 0.25) is 0 Å². The van der Waals surface area contributed by atoms with E-state index in [1.165, 1.54) is 0 Å². The molecule has 4 heterocycles. The van der Waals surface area contributed by atoms with Gasteiger partial charge in [-0.3, -0.25) is 14.9 Å². The molecule has 11 heteroatoms. The first-order valence-corrected chi connectivity index (χ1v) is 12.6. The van der Waals surface area contributed by atoms with Crippen LogP contribution in [0.2, 0.25) is 0 Å². The summed E-state index contributed by atoms with van der Waals surface area (Å²) in [4.78, 5) is 10.1. The summed E-state index contributed by atoms with van der Waals surface area (Å²) in [5.41, 5.74) is 2.05. The minimum atomic E-state index is -2.47. The Hall–Kier alpha value is -3.60. The zero-order chi connectivity index (χ0) is 23.9. The lowest BCUT2D eigenvalue weighted by atomic mass is 10.1. The van der Waals surface area contributed by atoms with E-state index in [9.17, 15) is 13.0 Å². The molecule has 3 aromatic heterocycles. The molecule has 2 N–H and O–H groups in total. The number of aromatic amines is 1. The Morgan fingerprint density at radius 1 is 1.12 bits per heavy atom. The number of rotatable bonds is 5. The van der Waals surface area contributed by atoms with E-state index in [0.717, 1.165) is 34.7 Å². The van der Waals surface area contributed by atoms with Gasteiger partial charge in [0.15, 0.2) is 11.6 Å². The highest BCUT2D eigenvalue weighted by Gasteiger charge is 2.21. The molecule has 0 spiro atoms. The highest BCUT2D eigenvalue weighted by atomic mass is 32.2. The molecule has 1 aliphatic rings. The van der Waals surface area contributed by atoms with E-state index >= 15 is 0 Å². The second-order valence-electron chi connectivity index (χ2n) is 8.17. The maximum absolute atomic E-state index is 14.1. The van der Waals surface area contributed by atoms with Crippen LogP contribution in [0.25, 0.3) is 22.2 Å². The van der Waals surface area contributed by atoms with E-state index in [4.69, 9.17) is 9.52 Å². The molecule has 0 amide bonds. The van der Waals surface area contributed by atoms with Crippen molar-refractivity contribution < 1.29 is 17.7 Å².